The van der Waals surface area contributed by atoms with E-state index in [1.54, 1.807) is 88.4 Å². The highest BCUT2D eigenvalue weighted by Crippen LogP contribution is 2.06. The molecule has 2 aromatic carbocycles. The van der Waals surface area contributed by atoms with Crippen molar-refractivity contribution >= 4 is 35.8 Å². The van der Waals surface area contributed by atoms with Gasteiger partial charge >= 0.3 is 35.8 Å². The molecule has 0 heterocycles. The van der Waals surface area contributed by atoms with Crippen LogP contribution in [-0.4, -0.2) is 35.8 Å². The highest BCUT2D eigenvalue weighted by molar-refractivity contribution is 6.02. The van der Waals surface area contributed by atoms with Crippen LogP contribution in [0.5, 0.6) is 0 Å². The van der Waals surface area contributed by atoms with Gasteiger partial charge in [-0.2, -0.15) is 0 Å². The van der Waals surface area contributed by atoms with Crippen molar-refractivity contribution in [1.82, 2.24) is 0 Å². The van der Waals surface area contributed by atoms with Gasteiger partial charge < -0.3 is 14.2 Å². The number of hydrogen-bond donors (Lipinski definition) is 0. The molecule has 9 nitrogen and oxygen atoms in total. The van der Waals surface area contributed by atoms with Crippen LogP contribution < -0.4 is 0 Å². The van der Waals surface area contributed by atoms with Crippen molar-refractivity contribution in [3.8, 4) is 0 Å². The largest absolute Gasteiger partial charge is 0.393 e. The second-order valence-electron chi connectivity index (χ2n) is 6.52. The molecule has 0 atom stereocenters. The van der Waals surface area contributed by atoms with Crippen LogP contribution in [0.3, 0.4) is 0 Å². The smallest absolute Gasteiger partial charge is 0.346 e. The molecule has 0 saturated carbocycles. The Morgan fingerprint density at radius 3 is 0.943 bits per heavy atom. The Morgan fingerprint density at radius 2 is 0.714 bits per heavy atom. The summed E-state index contributed by atoms with van der Waals surface area (Å²) in [5.41, 5.74) is 0.716. The monoisotopic (exact) mass is 486 g/mol. The third-order valence-corrected chi connectivity index (χ3v) is 3.81. The molecule has 0 saturated heterocycles. The van der Waals surface area contributed by atoms with E-state index in [0.29, 0.717) is 11.1 Å². The van der Waals surface area contributed by atoms with Crippen molar-refractivity contribution in [1.29, 1.82) is 0 Å². The van der Waals surface area contributed by atoms with Gasteiger partial charge in [0.15, 0.2) is 0 Å². The van der Waals surface area contributed by atoms with Crippen molar-refractivity contribution in [3.63, 3.8) is 0 Å². The molecule has 35 heavy (non-hydrogen) atoms. The van der Waals surface area contributed by atoms with Gasteiger partial charge in [-0.15, -0.1) is 0 Å². The van der Waals surface area contributed by atoms with Crippen molar-refractivity contribution in [2.75, 3.05) is 0 Å². The molecule has 0 radical (unpaired) electrons. The summed E-state index contributed by atoms with van der Waals surface area (Å²) in [5.74, 6) is -3.11. The lowest BCUT2D eigenvalue weighted by Crippen LogP contribution is -2.12. The molecule has 0 aliphatic carbocycles. The van der Waals surface area contributed by atoms with Crippen LogP contribution in [0.2, 0.25) is 0 Å². The van der Waals surface area contributed by atoms with E-state index in [1.165, 1.54) is 0 Å². The Hall–Kier alpha value is -4.14. The van der Waals surface area contributed by atoms with E-state index in [-0.39, 0.29) is 25.7 Å². The molecule has 0 aliphatic rings. The van der Waals surface area contributed by atoms with Gasteiger partial charge in [0.1, 0.15) is 0 Å². The summed E-state index contributed by atoms with van der Waals surface area (Å²) in [7, 11) is 0. The molecular formula is C26H30O9. The van der Waals surface area contributed by atoms with Crippen molar-refractivity contribution in [3.05, 3.63) is 71.8 Å². The lowest BCUT2D eigenvalue weighted by molar-refractivity contribution is -0.160. The quantitative estimate of drug-likeness (QED) is 0.330. The van der Waals surface area contributed by atoms with E-state index >= 15 is 0 Å². The van der Waals surface area contributed by atoms with Crippen LogP contribution in [0.1, 0.15) is 74.1 Å². The van der Waals surface area contributed by atoms with Gasteiger partial charge in [-0.1, -0.05) is 64.1 Å². The molecule has 0 aromatic heterocycles. The van der Waals surface area contributed by atoms with E-state index in [2.05, 4.69) is 9.47 Å². The first-order valence-corrected chi connectivity index (χ1v) is 11.0. The summed E-state index contributed by atoms with van der Waals surface area (Å²) in [6, 6.07) is 16.8. The predicted molar refractivity (Wildman–Crippen MR) is 126 cm³/mol. The fourth-order valence-corrected chi connectivity index (χ4v) is 1.89. The summed E-state index contributed by atoms with van der Waals surface area (Å²) < 4.78 is 13.3. The second kappa shape index (κ2) is 18.3. The van der Waals surface area contributed by atoms with Crippen molar-refractivity contribution in [2.45, 2.75) is 53.4 Å². The average molecular weight is 487 g/mol. The fraction of sp³-hybridized carbons (Fsp3) is 0.308. The van der Waals surface area contributed by atoms with Crippen LogP contribution in [-0.2, 0) is 33.4 Å². The minimum Gasteiger partial charge on any atom is -0.393 e. The summed E-state index contributed by atoms with van der Waals surface area (Å²) in [4.78, 5) is 64.5. The van der Waals surface area contributed by atoms with Gasteiger partial charge in [0.2, 0.25) is 0 Å². The van der Waals surface area contributed by atoms with Gasteiger partial charge in [-0.3, -0.25) is 19.2 Å². The Kier molecular flexibility index (Phi) is 16.1. The van der Waals surface area contributed by atoms with Gasteiger partial charge in [0, 0.05) is 25.7 Å². The molecule has 9 heteroatoms. The number of carbonyl (C=O) groups is 6. The minimum absolute atomic E-state index is 0.256. The van der Waals surface area contributed by atoms with E-state index in [9.17, 15) is 28.8 Å². The number of hydrogen-bond acceptors (Lipinski definition) is 9. The van der Waals surface area contributed by atoms with Crippen LogP contribution >= 0.6 is 0 Å². The Morgan fingerprint density at radius 1 is 0.457 bits per heavy atom. The summed E-state index contributed by atoms with van der Waals surface area (Å²) >= 11 is 0. The second-order valence-corrected chi connectivity index (χ2v) is 6.52. The first-order chi connectivity index (χ1) is 16.7. The molecule has 188 valence electrons. The first kappa shape index (κ1) is 30.9. The molecule has 2 rings (SSSR count). The maximum absolute atomic E-state index is 11.6. The van der Waals surface area contributed by atoms with Gasteiger partial charge in [-0.05, 0) is 24.3 Å². The van der Waals surface area contributed by atoms with Crippen molar-refractivity contribution < 1.29 is 43.0 Å². The van der Waals surface area contributed by atoms with E-state index in [1.807, 2.05) is 0 Å². The lowest BCUT2D eigenvalue weighted by atomic mass is 10.2. The maximum Gasteiger partial charge on any atom is 0.346 e. The number of carbonyl (C=O) groups excluding carboxylic acids is 6. The lowest BCUT2D eigenvalue weighted by Gasteiger charge is -2.02. The maximum atomic E-state index is 11.6. The Bertz CT molecular complexity index is 859. The molecule has 0 bridgehead atoms. The van der Waals surface area contributed by atoms with Crippen molar-refractivity contribution in [2.24, 2.45) is 0 Å². The van der Waals surface area contributed by atoms with Gasteiger partial charge in [-0.25, -0.2) is 9.59 Å². The van der Waals surface area contributed by atoms with E-state index < -0.39 is 35.8 Å². The third kappa shape index (κ3) is 14.6. The topological polar surface area (TPSA) is 130 Å². The zero-order valence-electron chi connectivity index (χ0n) is 20.3. The number of benzene rings is 2. The molecule has 0 amide bonds. The minimum atomic E-state index is -0.639. The number of esters is 6. The Balaban J connectivity index is 0.000000549. The molecule has 0 spiro atoms. The molecular weight excluding hydrogens is 456 g/mol. The number of rotatable bonds is 6. The van der Waals surface area contributed by atoms with Crippen LogP contribution in [0.4, 0.5) is 0 Å². The Labute approximate surface area is 204 Å². The highest BCUT2D eigenvalue weighted by Gasteiger charge is 2.13. The first-order valence-electron chi connectivity index (χ1n) is 11.0. The van der Waals surface area contributed by atoms with Gasteiger partial charge in [0.25, 0.3) is 0 Å². The molecule has 0 N–H and O–H groups in total. The highest BCUT2D eigenvalue weighted by atomic mass is 16.6. The SMILES string of the molecule is CCC(=O)OC(=O)CC.CCC(=O)OC(=O)CC.O=C(OC(=O)c1ccccc1)c1ccccc1. The van der Waals surface area contributed by atoms with Crippen LogP contribution in [0, 0.1) is 0 Å². The third-order valence-electron chi connectivity index (χ3n) is 3.81. The molecule has 0 unspecified atom stereocenters. The standard InChI is InChI=1S/C14H10O3.2C6H10O3/c15-13(11-7-3-1-4-8-11)17-14(16)12-9-5-2-6-10-12;2*1-3-5(7)9-6(8)4-2/h1-10H;2*3-4H2,1-2H3. The van der Waals surface area contributed by atoms with Crippen LogP contribution in [0.15, 0.2) is 60.7 Å². The molecule has 2 aromatic rings. The van der Waals surface area contributed by atoms with Gasteiger partial charge in [0.05, 0.1) is 11.1 Å². The molecule has 0 fully saturated rings. The number of ether oxygens (including phenoxy) is 3. The normalized spacial score (nSPS) is 9.14. The fourth-order valence-electron chi connectivity index (χ4n) is 1.89. The van der Waals surface area contributed by atoms with Crippen LogP contribution in [0.25, 0.3) is 0 Å². The van der Waals surface area contributed by atoms with E-state index in [0.717, 1.165) is 0 Å². The predicted octanol–water partition coefficient (Wildman–Crippen LogP) is 4.44. The van der Waals surface area contributed by atoms with E-state index in [4.69, 9.17) is 4.74 Å². The zero-order valence-corrected chi connectivity index (χ0v) is 20.3. The summed E-state index contributed by atoms with van der Waals surface area (Å²) in [6.07, 6.45) is 1.02. The molecule has 0 aliphatic heterocycles. The average Bonchev–Trinajstić information content (AvgIpc) is 2.89. The summed E-state index contributed by atoms with van der Waals surface area (Å²) in [5, 5.41) is 0. The summed E-state index contributed by atoms with van der Waals surface area (Å²) in [6.45, 7) is 6.58. The zero-order chi connectivity index (χ0) is 26.6.